The topological polar surface area (TPSA) is 61.6 Å². The monoisotopic (exact) mass is 329 g/mol. The van der Waals surface area contributed by atoms with E-state index in [1.165, 1.54) is 18.2 Å². The summed E-state index contributed by atoms with van der Waals surface area (Å²) in [4.78, 5) is 15.1. The molecule has 5 nitrogen and oxygen atoms in total. The van der Waals surface area contributed by atoms with E-state index in [0.717, 1.165) is 6.26 Å². The van der Waals surface area contributed by atoms with Crippen molar-refractivity contribution in [3.8, 4) is 11.8 Å². The quantitative estimate of drug-likeness (QED) is 0.803. The molecule has 0 amide bonds. The van der Waals surface area contributed by atoms with Gasteiger partial charge in [0.1, 0.15) is 17.8 Å². The smallest absolute Gasteiger partial charge is 0.399 e. The maximum Gasteiger partial charge on any atom is 0.399 e. The van der Waals surface area contributed by atoms with E-state index in [2.05, 4.69) is 20.9 Å². The molecule has 0 saturated carbocycles. The average molecular weight is 330 g/mol. The molecule has 0 radical (unpaired) electrons. The van der Waals surface area contributed by atoms with Crippen LogP contribution in [0, 0.1) is 5.82 Å². The van der Waals surface area contributed by atoms with Gasteiger partial charge in [0, 0.05) is 6.07 Å². The number of benzene rings is 1. The lowest BCUT2D eigenvalue weighted by Crippen LogP contribution is -2.04. The summed E-state index contributed by atoms with van der Waals surface area (Å²) in [6.07, 6.45) is 0.951. The number of ether oxygens (including phenoxy) is 2. The first-order valence-electron chi connectivity index (χ1n) is 5.35. The SMILES string of the molecule is CCOC(=O)c1coc(Oc2ccc(Br)c(F)c2)n1. The number of carbonyl (C=O) groups is 1. The number of hydrogen-bond donors (Lipinski definition) is 0. The van der Waals surface area contributed by atoms with E-state index < -0.39 is 11.8 Å². The van der Waals surface area contributed by atoms with Crippen LogP contribution in [0.3, 0.4) is 0 Å². The molecular weight excluding hydrogens is 321 g/mol. The first kappa shape index (κ1) is 13.5. The molecule has 0 N–H and O–H groups in total. The standard InChI is InChI=1S/C12H9BrFNO4/c1-2-17-11(16)10-6-18-12(15-10)19-7-3-4-8(13)9(14)5-7/h3-6H,2H2,1H3. The van der Waals surface area contributed by atoms with Gasteiger partial charge in [-0.3, -0.25) is 0 Å². The van der Waals surface area contributed by atoms with Gasteiger partial charge in [-0.15, -0.1) is 0 Å². The molecule has 0 saturated heterocycles. The van der Waals surface area contributed by atoms with Gasteiger partial charge in [-0.2, -0.15) is 4.98 Å². The van der Waals surface area contributed by atoms with E-state index >= 15 is 0 Å². The Labute approximate surface area is 116 Å². The molecule has 1 heterocycles. The third-order valence-electron chi connectivity index (χ3n) is 2.06. The summed E-state index contributed by atoms with van der Waals surface area (Å²) in [5.74, 6) is -0.879. The highest BCUT2D eigenvalue weighted by Crippen LogP contribution is 2.25. The van der Waals surface area contributed by atoms with Gasteiger partial charge in [-0.1, -0.05) is 0 Å². The van der Waals surface area contributed by atoms with Crippen molar-refractivity contribution >= 4 is 21.9 Å². The molecule has 0 spiro atoms. The van der Waals surface area contributed by atoms with Gasteiger partial charge in [0.05, 0.1) is 11.1 Å². The Balaban J connectivity index is 2.11. The van der Waals surface area contributed by atoms with Crippen molar-refractivity contribution < 1.29 is 23.1 Å². The minimum atomic E-state index is -0.608. The second-order valence-electron chi connectivity index (χ2n) is 3.40. The zero-order valence-corrected chi connectivity index (χ0v) is 11.4. The van der Waals surface area contributed by atoms with Gasteiger partial charge in [0.25, 0.3) is 0 Å². The predicted octanol–water partition coefficient (Wildman–Crippen LogP) is 3.55. The van der Waals surface area contributed by atoms with Crippen LogP contribution in [0.25, 0.3) is 0 Å². The fourth-order valence-electron chi connectivity index (χ4n) is 1.24. The van der Waals surface area contributed by atoms with Crippen molar-refractivity contribution in [2.45, 2.75) is 6.92 Å². The van der Waals surface area contributed by atoms with Gasteiger partial charge in [-0.05, 0) is 35.0 Å². The number of oxazole rings is 1. The Hall–Kier alpha value is -1.89. The molecule has 1 aromatic heterocycles. The highest BCUT2D eigenvalue weighted by atomic mass is 79.9. The molecule has 100 valence electrons. The van der Waals surface area contributed by atoms with E-state index in [-0.39, 0.29) is 24.1 Å². The first-order valence-corrected chi connectivity index (χ1v) is 6.15. The third kappa shape index (κ3) is 3.31. The number of aromatic nitrogens is 1. The number of esters is 1. The molecule has 2 rings (SSSR count). The minimum absolute atomic E-state index is 0.00515. The van der Waals surface area contributed by atoms with Crippen LogP contribution >= 0.6 is 15.9 Å². The number of rotatable bonds is 4. The Morgan fingerprint density at radius 2 is 2.32 bits per heavy atom. The lowest BCUT2D eigenvalue weighted by Gasteiger charge is -2.01. The minimum Gasteiger partial charge on any atom is -0.461 e. The van der Waals surface area contributed by atoms with Crippen LogP contribution in [0.1, 0.15) is 17.4 Å². The van der Waals surface area contributed by atoms with Crippen LogP contribution in [0.5, 0.6) is 11.8 Å². The van der Waals surface area contributed by atoms with Crippen molar-refractivity contribution in [2.24, 2.45) is 0 Å². The fraction of sp³-hybridized carbons (Fsp3) is 0.167. The molecule has 0 unspecified atom stereocenters. The Morgan fingerprint density at radius 3 is 3.00 bits per heavy atom. The summed E-state index contributed by atoms with van der Waals surface area (Å²) in [6.45, 7) is 1.92. The molecule has 19 heavy (non-hydrogen) atoms. The van der Waals surface area contributed by atoms with Crippen molar-refractivity contribution in [3.05, 3.63) is 40.4 Å². The zero-order chi connectivity index (χ0) is 13.8. The highest BCUT2D eigenvalue weighted by Gasteiger charge is 2.14. The van der Waals surface area contributed by atoms with E-state index in [1.807, 2.05) is 0 Å². The van der Waals surface area contributed by atoms with Crippen LogP contribution in [0.4, 0.5) is 4.39 Å². The summed E-state index contributed by atoms with van der Waals surface area (Å²) in [6, 6.07) is 4.18. The largest absolute Gasteiger partial charge is 0.461 e. The van der Waals surface area contributed by atoms with Crippen LogP contribution in [0.2, 0.25) is 0 Å². The molecule has 0 atom stereocenters. The second-order valence-corrected chi connectivity index (χ2v) is 4.25. The van der Waals surface area contributed by atoms with Crippen molar-refractivity contribution in [2.75, 3.05) is 6.61 Å². The molecule has 0 aliphatic rings. The predicted molar refractivity (Wildman–Crippen MR) is 66.6 cm³/mol. The first-order chi connectivity index (χ1) is 9.10. The molecule has 0 fully saturated rings. The van der Waals surface area contributed by atoms with E-state index in [0.29, 0.717) is 4.47 Å². The summed E-state index contributed by atoms with van der Waals surface area (Å²) in [5.41, 5.74) is -0.00515. The van der Waals surface area contributed by atoms with Crippen LogP contribution in [-0.4, -0.2) is 17.6 Å². The normalized spacial score (nSPS) is 10.3. The average Bonchev–Trinajstić information content (AvgIpc) is 2.83. The summed E-state index contributed by atoms with van der Waals surface area (Å²) >= 11 is 3.02. The molecular formula is C12H9BrFNO4. The second kappa shape index (κ2) is 5.83. The van der Waals surface area contributed by atoms with Crippen LogP contribution in [0.15, 0.2) is 33.4 Å². The number of carbonyl (C=O) groups excluding carboxylic acids is 1. The molecule has 0 aliphatic carbocycles. The Bertz CT molecular complexity index is 599. The van der Waals surface area contributed by atoms with Crippen molar-refractivity contribution in [3.63, 3.8) is 0 Å². The third-order valence-corrected chi connectivity index (χ3v) is 2.71. The molecule has 1 aromatic carbocycles. The zero-order valence-electron chi connectivity index (χ0n) is 9.85. The van der Waals surface area contributed by atoms with E-state index in [4.69, 9.17) is 13.9 Å². The van der Waals surface area contributed by atoms with Crippen LogP contribution < -0.4 is 4.74 Å². The fourth-order valence-corrected chi connectivity index (χ4v) is 1.49. The Morgan fingerprint density at radius 1 is 1.53 bits per heavy atom. The molecule has 2 aromatic rings. The number of halogens is 2. The van der Waals surface area contributed by atoms with Crippen LogP contribution in [-0.2, 0) is 4.74 Å². The lowest BCUT2D eigenvalue weighted by atomic mass is 10.3. The molecule has 7 heteroatoms. The van der Waals surface area contributed by atoms with Crippen molar-refractivity contribution in [1.82, 2.24) is 4.98 Å². The van der Waals surface area contributed by atoms with Gasteiger partial charge in [-0.25, -0.2) is 9.18 Å². The summed E-state index contributed by atoms with van der Waals surface area (Å²) < 4.78 is 28.4. The Kier molecular flexibility index (Phi) is 4.16. The van der Waals surface area contributed by atoms with Gasteiger partial charge >= 0.3 is 12.0 Å². The summed E-state index contributed by atoms with van der Waals surface area (Å²) in [5, 5.41) is 0. The number of nitrogens with zero attached hydrogens (tertiary/aromatic N) is 1. The van der Waals surface area contributed by atoms with Gasteiger partial charge in [0.2, 0.25) is 0 Å². The van der Waals surface area contributed by atoms with Gasteiger partial charge < -0.3 is 13.9 Å². The van der Waals surface area contributed by atoms with Crippen molar-refractivity contribution in [1.29, 1.82) is 0 Å². The van der Waals surface area contributed by atoms with E-state index in [1.54, 1.807) is 6.92 Å². The van der Waals surface area contributed by atoms with E-state index in [9.17, 15) is 9.18 Å². The lowest BCUT2D eigenvalue weighted by molar-refractivity contribution is 0.0519. The summed E-state index contributed by atoms with van der Waals surface area (Å²) in [7, 11) is 0. The highest BCUT2D eigenvalue weighted by molar-refractivity contribution is 9.10. The molecule has 0 aliphatic heterocycles. The maximum atomic E-state index is 13.3. The number of hydrogen-bond acceptors (Lipinski definition) is 5. The molecule has 0 bridgehead atoms. The van der Waals surface area contributed by atoms with Gasteiger partial charge in [0.15, 0.2) is 5.69 Å². The maximum absolute atomic E-state index is 13.3.